The molecule has 1 aromatic heterocycles. The van der Waals surface area contributed by atoms with Crippen LogP contribution in [0.15, 0.2) is 47.1 Å². The number of hydrogen-bond acceptors (Lipinski definition) is 4. The van der Waals surface area contributed by atoms with Crippen LogP contribution >= 0.6 is 0 Å². The van der Waals surface area contributed by atoms with Crippen LogP contribution in [0.3, 0.4) is 0 Å². The Bertz CT molecular complexity index is 796. The summed E-state index contributed by atoms with van der Waals surface area (Å²) in [5.41, 5.74) is 0.736. The van der Waals surface area contributed by atoms with E-state index in [4.69, 9.17) is 9.15 Å². The van der Waals surface area contributed by atoms with Crippen molar-refractivity contribution in [3.8, 4) is 5.75 Å². The van der Waals surface area contributed by atoms with Gasteiger partial charge < -0.3 is 19.0 Å². The quantitative estimate of drug-likeness (QED) is 0.784. The molecule has 6 heteroatoms. The molecule has 2 heterocycles. The summed E-state index contributed by atoms with van der Waals surface area (Å²) in [7, 11) is 0. The lowest BCUT2D eigenvalue weighted by atomic mass is 10.1. The van der Waals surface area contributed by atoms with Gasteiger partial charge >= 0.3 is 0 Å². The zero-order chi connectivity index (χ0) is 18.6. The molecule has 4 rings (SSSR count). The summed E-state index contributed by atoms with van der Waals surface area (Å²) >= 11 is 0. The van der Waals surface area contributed by atoms with Crippen LogP contribution in [0.2, 0.25) is 0 Å². The summed E-state index contributed by atoms with van der Waals surface area (Å²) in [6, 6.07) is 11.5. The van der Waals surface area contributed by atoms with Gasteiger partial charge in [0, 0.05) is 19.0 Å². The van der Waals surface area contributed by atoms with Crippen LogP contribution in [0.4, 0.5) is 5.69 Å². The van der Waals surface area contributed by atoms with Crippen LogP contribution in [0.5, 0.6) is 5.75 Å². The van der Waals surface area contributed by atoms with Crippen LogP contribution in [0, 0.1) is 0 Å². The highest BCUT2D eigenvalue weighted by atomic mass is 16.5. The van der Waals surface area contributed by atoms with Crippen LogP contribution in [-0.2, 0) is 16.1 Å². The van der Waals surface area contributed by atoms with Gasteiger partial charge in [-0.25, -0.2) is 0 Å². The third kappa shape index (κ3) is 3.84. The van der Waals surface area contributed by atoms with E-state index >= 15 is 0 Å². The van der Waals surface area contributed by atoms with Crippen molar-refractivity contribution in [1.82, 2.24) is 4.90 Å². The standard InChI is InChI=1S/C21H24N2O4/c24-20(23(16-6-1-2-7-16)14-17-8-5-13-26-17)11-12-22-18-9-3-4-10-19(18)27-15-21(22)25/h3-5,8-10,13,16H,1-2,6-7,11-12,14-15H2. The van der Waals surface area contributed by atoms with Gasteiger partial charge in [0.05, 0.1) is 18.5 Å². The molecule has 27 heavy (non-hydrogen) atoms. The van der Waals surface area contributed by atoms with Gasteiger partial charge in [0.25, 0.3) is 5.91 Å². The molecule has 0 radical (unpaired) electrons. The molecule has 142 valence electrons. The van der Waals surface area contributed by atoms with E-state index in [1.807, 2.05) is 41.3 Å². The van der Waals surface area contributed by atoms with Crippen molar-refractivity contribution in [2.75, 3.05) is 18.1 Å². The summed E-state index contributed by atoms with van der Waals surface area (Å²) in [5.74, 6) is 1.44. The molecule has 1 saturated carbocycles. The molecule has 1 fully saturated rings. The minimum atomic E-state index is -0.111. The van der Waals surface area contributed by atoms with E-state index < -0.39 is 0 Å². The Kier molecular flexibility index (Phi) is 5.14. The van der Waals surface area contributed by atoms with Crippen molar-refractivity contribution in [2.45, 2.75) is 44.7 Å². The fraction of sp³-hybridized carbons (Fsp3) is 0.429. The van der Waals surface area contributed by atoms with Crippen molar-refractivity contribution in [3.63, 3.8) is 0 Å². The number of amides is 2. The number of carbonyl (C=O) groups excluding carboxylic acids is 2. The lowest BCUT2D eigenvalue weighted by Gasteiger charge is -2.31. The molecule has 2 aliphatic rings. The number of anilines is 1. The number of benzene rings is 1. The van der Waals surface area contributed by atoms with Crippen LogP contribution in [0.1, 0.15) is 37.9 Å². The van der Waals surface area contributed by atoms with E-state index in [1.54, 1.807) is 11.2 Å². The number of para-hydroxylation sites is 2. The Labute approximate surface area is 158 Å². The SMILES string of the molecule is O=C1COc2ccccc2N1CCC(=O)N(Cc1ccco1)C1CCCC1. The summed E-state index contributed by atoms with van der Waals surface area (Å²) in [5, 5.41) is 0. The third-order valence-electron chi connectivity index (χ3n) is 5.35. The summed E-state index contributed by atoms with van der Waals surface area (Å²) < 4.78 is 10.9. The van der Waals surface area contributed by atoms with E-state index in [9.17, 15) is 9.59 Å². The average Bonchev–Trinajstić information content (AvgIpc) is 3.39. The molecule has 6 nitrogen and oxygen atoms in total. The number of rotatable bonds is 6. The van der Waals surface area contributed by atoms with Crippen molar-refractivity contribution < 1.29 is 18.7 Å². The lowest BCUT2D eigenvalue weighted by Crippen LogP contribution is -2.43. The Morgan fingerprint density at radius 1 is 1.15 bits per heavy atom. The Morgan fingerprint density at radius 2 is 1.96 bits per heavy atom. The normalized spacial score (nSPS) is 16.9. The predicted molar refractivity (Wildman–Crippen MR) is 100 cm³/mol. The zero-order valence-corrected chi connectivity index (χ0v) is 15.3. The maximum Gasteiger partial charge on any atom is 0.265 e. The highest BCUT2D eigenvalue weighted by molar-refractivity contribution is 5.98. The van der Waals surface area contributed by atoms with Gasteiger partial charge in [-0.05, 0) is 37.1 Å². The molecule has 0 bridgehead atoms. The van der Waals surface area contributed by atoms with Gasteiger partial charge in [0.2, 0.25) is 5.91 Å². The van der Waals surface area contributed by atoms with E-state index in [0.717, 1.165) is 37.1 Å². The van der Waals surface area contributed by atoms with Gasteiger partial charge in [-0.1, -0.05) is 25.0 Å². The first-order valence-electron chi connectivity index (χ1n) is 9.56. The minimum Gasteiger partial charge on any atom is -0.482 e. The second-order valence-electron chi connectivity index (χ2n) is 7.09. The Balaban J connectivity index is 1.45. The largest absolute Gasteiger partial charge is 0.482 e. The molecule has 0 atom stereocenters. The first kappa shape index (κ1) is 17.6. The summed E-state index contributed by atoms with van der Waals surface area (Å²) in [6.07, 6.45) is 6.30. The molecule has 2 aromatic rings. The number of hydrogen-bond donors (Lipinski definition) is 0. The van der Waals surface area contributed by atoms with Crippen molar-refractivity contribution >= 4 is 17.5 Å². The van der Waals surface area contributed by atoms with Gasteiger partial charge in [0.15, 0.2) is 6.61 Å². The monoisotopic (exact) mass is 368 g/mol. The van der Waals surface area contributed by atoms with Gasteiger partial charge in [0.1, 0.15) is 11.5 Å². The fourth-order valence-electron chi connectivity index (χ4n) is 3.96. The second kappa shape index (κ2) is 7.86. The molecule has 1 aromatic carbocycles. The van der Waals surface area contributed by atoms with Gasteiger partial charge in [-0.15, -0.1) is 0 Å². The fourth-order valence-corrected chi connectivity index (χ4v) is 3.96. The molecule has 2 amide bonds. The zero-order valence-electron chi connectivity index (χ0n) is 15.3. The molecular formula is C21H24N2O4. The second-order valence-corrected chi connectivity index (χ2v) is 7.09. The van der Waals surface area contributed by atoms with Gasteiger partial charge in [-0.3, -0.25) is 9.59 Å². The molecule has 0 saturated heterocycles. The van der Waals surface area contributed by atoms with Crippen LogP contribution in [0.25, 0.3) is 0 Å². The Morgan fingerprint density at radius 3 is 2.74 bits per heavy atom. The van der Waals surface area contributed by atoms with E-state index in [0.29, 0.717) is 18.8 Å². The highest BCUT2D eigenvalue weighted by Gasteiger charge is 2.30. The van der Waals surface area contributed by atoms with E-state index in [-0.39, 0.29) is 30.9 Å². The van der Waals surface area contributed by atoms with Crippen molar-refractivity contribution in [3.05, 3.63) is 48.4 Å². The van der Waals surface area contributed by atoms with Crippen molar-refractivity contribution in [2.24, 2.45) is 0 Å². The molecule has 0 unspecified atom stereocenters. The number of ether oxygens (including phenoxy) is 1. The predicted octanol–water partition coefficient (Wildman–Crippen LogP) is 3.37. The van der Waals surface area contributed by atoms with Gasteiger partial charge in [-0.2, -0.15) is 0 Å². The first-order valence-corrected chi connectivity index (χ1v) is 9.56. The first-order chi connectivity index (χ1) is 13.2. The van der Waals surface area contributed by atoms with Crippen LogP contribution < -0.4 is 9.64 Å². The Hall–Kier alpha value is -2.76. The molecule has 0 N–H and O–H groups in total. The minimum absolute atomic E-state index is 0.0178. The highest BCUT2D eigenvalue weighted by Crippen LogP contribution is 2.32. The molecular weight excluding hydrogens is 344 g/mol. The number of furan rings is 1. The summed E-state index contributed by atoms with van der Waals surface area (Å²) in [6.45, 7) is 0.869. The van der Waals surface area contributed by atoms with Crippen LogP contribution in [-0.4, -0.2) is 35.9 Å². The third-order valence-corrected chi connectivity index (χ3v) is 5.35. The molecule has 1 aliphatic heterocycles. The molecule has 1 aliphatic carbocycles. The average molecular weight is 368 g/mol. The number of carbonyl (C=O) groups is 2. The summed E-state index contributed by atoms with van der Waals surface area (Å²) in [4.78, 5) is 28.9. The number of nitrogens with zero attached hydrogens (tertiary/aromatic N) is 2. The maximum atomic E-state index is 13.0. The van der Waals surface area contributed by atoms with Crippen molar-refractivity contribution in [1.29, 1.82) is 0 Å². The van der Waals surface area contributed by atoms with E-state index in [2.05, 4.69) is 0 Å². The number of fused-ring (bicyclic) bond motifs is 1. The maximum absolute atomic E-state index is 13.0. The lowest BCUT2D eigenvalue weighted by molar-refractivity contribution is -0.134. The topological polar surface area (TPSA) is 63.0 Å². The van der Waals surface area contributed by atoms with E-state index in [1.165, 1.54) is 0 Å². The smallest absolute Gasteiger partial charge is 0.265 e. The molecule has 0 spiro atoms.